The molecule has 0 radical (unpaired) electrons. The van der Waals surface area contributed by atoms with Crippen LogP contribution in [-0.2, 0) is 5.41 Å². The number of rotatable bonds is 1. The Kier molecular flexibility index (Phi) is 2.18. The molecular formula is C12H13BrN2. The number of nitrogens with zero attached hydrogens (tertiary/aromatic N) is 2. The van der Waals surface area contributed by atoms with Crippen LogP contribution in [0.1, 0.15) is 12.0 Å². The predicted molar refractivity (Wildman–Crippen MR) is 63.8 cm³/mol. The van der Waals surface area contributed by atoms with Gasteiger partial charge in [-0.3, -0.25) is 4.90 Å². The van der Waals surface area contributed by atoms with Gasteiger partial charge in [0, 0.05) is 24.7 Å². The van der Waals surface area contributed by atoms with Crippen LogP contribution in [0.15, 0.2) is 35.1 Å². The first kappa shape index (κ1) is 9.55. The summed E-state index contributed by atoms with van der Waals surface area (Å²) in [7, 11) is 0. The van der Waals surface area contributed by atoms with Gasteiger partial charge in [-0.05, 0) is 40.5 Å². The molecule has 2 bridgehead atoms. The zero-order chi connectivity index (χ0) is 10.3. The van der Waals surface area contributed by atoms with Crippen LogP contribution in [0.5, 0.6) is 0 Å². The average Bonchev–Trinajstić information content (AvgIpc) is 2.56. The summed E-state index contributed by atoms with van der Waals surface area (Å²) >= 11 is 3.38. The second-order valence-electron chi connectivity index (χ2n) is 4.41. The van der Waals surface area contributed by atoms with Gasteiger partial charge in [0.25, 0.3) is 0 Å². The van der Waals surface area contributed by atoms with Crippen LogP contribution < -0.4 is 0 Å². The largest absolute Gasteiger partial charge is 0.298 e. The Morgan fingerprint density at radius 2 is 2.33 bits per heavy atom. The average molecular weight is 265 g/mol. The Morgan fingerprint density at radius 3 is 3.13 bits per heavy atom. The third-order valence-electron chi connectivity index (χ3n) is 3.48. The van der Waals surface area contributed by atoms with Crippen LogP contribution in [0.4, 0.5) is 0 Å². The Hall–Kier alpha value is -0.670. The Morgan fingerprint density at radius 1 is 1.40 bits per heavy atom. The van der Waals surface area contributed by atoms with E-state index in [4.69, 9.17) is 0 Å². The van der Waals surface area contributed by atoms with Crippen molar-refractivity contribution in [2.24, 2.45) is 0 Å². The number of halogens is 1. The zero-order valence-corrected chi connectivity index (χ0v) is 10.1. The van der Waals surface area contributed by atoms with Gasteiger partial charge >= 0.3 is 0 Å². The molecule has 2 unspecified atom stereocenters. The molecule has 2 aliphatic heterocycles. The van der Waals surface area contributed by atoms with E-state index < -0.39 is 0 Å². The zero-order valence-electron chi connectivity index (χ0n) is 8.49. The fourth-order valence-electron chi connectivity index (χ4n) is 2.64. The van der Waals surface area contributed by atoms with Crippen molar-refractivity contribution in [3.8, 4) is 0 Å². The second kappa shape index (κ2) is 3.42. The molecular weight excluding hydrogens is 252 g/mol. The lowest BCUT2D eigenvalue weighted by atomic mass is 9.79. The SMILES string of the molecule is Brc1ccc(C23C=CCN(CC2)C3)cn1. The molecule has 1 fully saturated rings. The van der Waals surface area contributed by atoms with Gasteiger partial charge in [-0.2, -0.15) is 0 Å². The Bertz CT molecular complexity index is 399. The minimum atomic E-state index is 0.242. The molecule has 0 amide bonds. The maximum Gasteiger partial charge on any atom is 0.106 e. The lowest BCUT2D eigenvalue weighted by Gasteiger charge is -2.29. The van der Waals surface area contributed by atoms with Crippen molar-refractivity contribution in [2.75, 3.05) is 19.6 Å². The number of hydrogen-bond acceptors (Lipinski definition) is 2. The van der Waals surface area contributed by atoms with Gasteiger partial charge in [-0.1, -0.05) is 18.2 Å². The molecule has 0 spiro atoms. The summed E-state index contributed by atoms with van der Waals surface area (Å²) < 4.78 is 0.914. The van der Waals surface area contributed by atoms with Crippen LogP contribution in [0, 0.1) is 0 Å². The van der Waals surface area contributed by atoms with E-state index in [1.807, 2.05) is 12.3 Å². The van der Waals surface area contributed by atoms with Gasteiger partial charge in [0.15, 0.2) is 0 Å². The van der Waals surface area contributed by atoms with Gasteiger partial charge in [-0.25, -0.2) is 4.98 Å². The van der Waals surface area contributed by atoms with Gasteiger partial charge in [-0.15, -0.1) is 0 Å². The lowest BCUT2D eigenvalue weighted by Crippen LogP contribution is -2.33. The molecule has 2 aliphatic rings. The standard InChI is InChI=1S/C12H13BrN2/c13-11-3-2-10(8-14-11)12-4-1-6-15(9-12)7-5-12/h1-4,8H,5-7,9H2. The number of fused-ring (bicyclic) bond motifs is 2. The quantitative estimate of drug-likeness (QED) is 0.572. The van der Waals surface area contributed by atoms with E-state index in [1.165, 1.54) is 18.5 Å². The molecule has 0 saturated carbocycles. The fraction of sp³-hybridized carbons (Fsp3) is 0.417. The van der Waals surface area contributed by atoms with Crippen molar-refractivity contribution in [1.29, 1.82) is 0 Å². The van der Waals surface area contributed by atoms with Crippen molar-refractivity contribution in [1.82, 2.24) is 9.88 Å². The summed E-state index contributed by atoms with van der Waals surface area (Å²) in [5.41, 5.74) is 1.59. The Labute approximate surface area is 98.1 Å². The summed E-state index contributed by atoms with van der Waals surface area (Å²) in [4.78, 5) is 6.83. The van der Waals surface area contributed by atoms with Crippen molar-refractivity contribution in [3.63, 3.8) is 0 Å². The van der Waals surface area contributed by atoms with Gasteiger partial charge in [0.05, 0.1) is 0 Å². The molecule has 2 nitrogen and oxygen atoms in total. The van der Waals surface area contributed by atoms with Crippen molar-refractivity contribution in [3.05, 3.63) is 40.6 Å². The molecule has 0 aromatic carbocycles. The monoisotopic (exact) mass is 264 g/mol. The van der Waals surface area contributed by atoms with E-state index in [9.17, 15) is 0 Å². The minimum Gasteiger partial charge on any atom is -0.298 e. The van der Waals surface area contributed by atoms with Crippen LogP contribution >= 0.6 is 15.9 Å². The fourth-order valence-corrected chi connectivity index (χ4v) is 2.87. The van der Waals surface area contributed by atoms with E-state index in [0.29, 0.717) is 0 Å². The van der Waals surface area contributed by atoms with Crippen LogP contribution in [0.2, 0.25) is 0 Å². The summed E-state index contributed by atoms with van der Waals surface area (Å²) in [6.07, 6.45) is 7.90. The summed E-state index contributed by atoms with van der Waals surface area (Å²) in [5.74, 6) is 0. The normalized spacial score (nSPS) is 33.3. The van der Waals surface area contributed by atoms with Crippen LogP contribution in [-0.4, -0.2) is 29.5 Å². The highest BCUT2D eigenvalue weighted by Gasteiger charge is 2.39. The van der Waals surface area contributed by atoms with E-state index in [1.54, 1.807) is 0 Å². The highest BCUT2D eigenvalue weighted by molar-refractivity contribution is 9.10. The number of hydrogen-bond donors (Lipinski definition) is 0. The van der Waals surface area contributed by atoms with Gasteiger partial charge in [0.2, 0.25) is 0 Å². The lowest BCUT2D eigenvalue weighted by molar-refractivity contribution is 0.345. The third kappa shape index (κ3) is 1.54. The van der Waals surface area contributed by atoms with Gasteiger partial charge in [0.1, 0.15) is 4.60 Å². The summed E-state index contributed by atoms with van der Waals surface area (Å²) in [5, 5.41) is 0. The maximum atomic E-state index is 4.33. The topological polar surface area (TPSA) is 16.1 Å². The Balaban J connectivity index is 2.02. The molecule has 3 heteroatoms. The second-order valence-corrected chi connectivity index (χ2v) is 5.23. The highest BCUT2D eigenvalue weighted by Crippen LogP contribution is 2.38. The first-order valence-electron chi connectivity index (χ1n) is 5.31. The minimum absolute atomic E-state index is 0.242. The van der Waals surface area contributed by atoms with E-state index in [0.717, 1.165) is 17.7 Å². The van der Waals surface area contributed by atoms with Crippen molar-refractivity contribution in [2.45, 2.75) is 11.8 Å². The van der Waals surface area contributed by atoms with Crippen molar-refractivity contribution >= 4 is 15.9 Å². The molecule has 0 N–H and O–H groups in total. The molecule has 2 atom stereocenters. The highest BCUT2D eigenvalue weighted by atomic mass is 79.9. The molecule has 3 heterocycles. The number of aromatic nitrogens is 1. The number of pyridine rings is 1. The molecule has 3 rings (SSSR count). The molecule has 1 saturated heterocycles. The predicted octanol–water partition coefficient (Wildman–Crippen LogP) is 2.36. The van der Waals surface area contributed by atoms with Gasteiger partial charge < -0.3 is 0 Å². The van der Waals surface area contributed by atoms with E-state index in [2.05, 4.69) is 44.0 Å². The molecule has 1 aromatic rings. The molecule has 0 aliphatic carbocycles. The summed E-state index contributed by atoms with van der Waals surface area (Å²) in [6, 6.07) is 4.23. The first-order chi connectivity index (χ1) is 7.28. The smallest absolute Gasteiger partial charge is 0.106 e. The summed E-state index contributed by atoms with van der Waals surface area (Å²) in [6.45, 7) is 3.49. The van der Waals surface area contributed by atoms with Crippen molar-refractivity contribution < 1.29 is 0 Å². The molecule has 15 heavy (non-hydrogen) atoms. The third-order valence-corrected chi connectivity index (χ3v) is 3.95. The van der Waals surface area contributed by atoms with Crippen LogP contribution in [0.3, 0.4) is 0 Å². The molecule has 1 aromatic heterocycles. The maximum absolute atomic E-state index is 4.33. The molecule has 78 valence electrons. The first-order valence-corrected chi connectivity index (χ1v) is 6.10. The van der Waals surface area contributed by atoms with E-state index >= 15 is 0 Å². The van der Waals surface area contributed by atoms with E-state index in [-0.39, 0.29) is 5.41 Å². The van der Waals surface area contributed by atoms with Crippen LogP contribution in [0.25, 0.3) is 0 Å².